The van der Waals surface area contributed by atoms with Crippen molar-refractivity contribution in [2.45, 2.75) is 0 Å². The Balaban J connectivity index is 2.37. The molecular weight excluding hydrogens is 221 g/mol. The number of hydrogen-bond donors (Lipinski definition) is 0. The van der Waals surface area contributed by atoms with Gasteiger partial charge in [-0.1, -0.05) is 41.9 Å². The molecule has 2 aromatic carbocycles. The summed E-state index contributed by atoms with van der Waals surface area (Å²) < 4.78 is 5.75. The quantitative estimate of drug-likeness (QED) is 0.433. The van der Waals surface area contributed by atoms with Gasteiger partial charge in [0.25, 0.3) is 0 Å². The van der Waals surface area contributed by atoms with Crippen molar-refractivity contribution >= 4 is 46.2 Å². The number of hydrogen-bond acceptors (Lipinski definition) is 2. The fraction of sp³-hybridized carbons (Fsp3) is 0. The smallest absolute Gasteiger partial charge is 0.227 e. The zero-order valence-electron chi connectivity index (χ0n) is 9.55. The highest BCUT2D eigenvalue weighted by Crippen LogP contribution is 2.32. The minimum absolute atomic E-state index is 0.661. The summed E-state index contributed by atoms with van der Waals surface area (Å²) in [5, 5.41) is 4.17. The van der Waals surface area contributed by atoms with Gasteiger partial charge in [0.1, 0.15) is 13.4 Å². The van der Waals surface area contributed by atoms with Crippen LogP contribution in [0.4, 0.5) is 0 Å². The van der Waals surface area contributed by atoms with Crippen molar-refractivity contribution in [1.29, 1.82) is 0 Å². The van der Waals surface area contributed by atoms with E-state index < -0.39 is 0 Å². The van der Waals surface area contributed by atoms with Crippen LogP contribution >= 0.6 is 0 Å². The third kappa shape index (κ3) is 1.16. The number of aromatic nitrogens is 1. The number of benzene rings is 2. The Morgan fingerprint density at radius 1 is 0.889 bits per heavy atom. The second kappa shape index (κ2) is 3.36. The van der Waals surface area contributed by atoms with Gasteiger partial charge in [-0.2, -0.15) is 0 Å². The molecule has 82 valence electrons. The van der Waals surface area contributed by atoms with Gasteiger partial charge in [0.2, 0.25) is 5.71 Å². The first kappa shape index (κ1) is 9.72. The molecule has 18 heavy (non-hydrogen) atoms. The van der Waals surface area contributed by atoms with E-state index in [0.29, 0.717) is 5.71 Å². The van der Waals surface area contributed by atoms with Gasteiger partial charge in [-0.15, -0.1) is 0 Å². The van der Waals surface area contributed by atoms with Crippen LogP contribution in [0.2, 0.25) is 0 Å². The molecule has 0 saturated heterocycles. The summed E-state index contributed by atoms with van der Waals surface area (Å²) in [6.07, 6.45) is 1.77. The number of fused-ring (bicyclic) bond motifs is 5. The van der Waals surface area contributed by atoms with Gasteiger partial charge in [-0.25, -0.2) is 4.98 Å². The summed E-state index contributed by atoms with van der Waals surface area (Å²) in [5.41, 5.74) is 2.26. The Bertz CT molecular complexity index is 895. The van der Waals surface area contributed by atoms with E-state index in [9.17, 15) is 0 Å². The summed E-state index contributed by atoms with van der Waals surface area (Å²) in [6, 6.07) is 13.9. The van der Waals surface area contributed by atoms with Crippen molar-refractivity contribution in [3.63, 3.8) is 0 Å². The lowest BCUT2D eigenvalue weighted by Gasteiger charge is -2.02. The van der Waals surface area contributed by atoms with Crippen LogP contribution in [0.3, 0.4) is 0 Å². The molecule has 0 aliphatic rings. The van der Waals surface area contributed by atoms with Crippen molar-refractivity contribution in [2.24, 2.45) is 0 Å². The second-order valence-electron chi connectivity index (χ2n) is 4.35. The fourth-order valence-electron chi connectivity index (χ4n) is 2.45. The lowest BCUT2D eigenvalue weighted by Crippen LogP contribution is -2.02. The summed E-state index contributed by atoms with van der Waals surface area (Å²) >= 11 is 0. The molecule has 0 saturated carbocycles. The Morgan fingerprint density at radius 3 is 2.67 bits per heavy atom. The Morgan fingerprint density at radius 2 is 1.72 bits per heavy atom. The number of para-hydroxylation sites is 1. The largest absolute Gasteiger partial charge is 0.438 e. The minimum Gasteiger partial charge on any atom is -0.438 e. The molecule has 0 bridgehead atoms. The predicted octanol–water partition coefficient (Wildman–Crippen LogP) is 2.93. The maximum absolute atomic E-state index is 5.99. The van der Waals surface area contributed by atoms with Crippen LogP contribution in [0, 0.1) is 0 Å². The molecule has 0 atom stereocenters. The normalized spacial score (nSPS) is 11.6. The molecule has 0 aliphatic carbocycles. The molecule has 0 unspecified atom stereocenters. The number of pyridine rings is 1. The molecule has 0 N–H and O–H groups in total. The van der Waals surface area contributed by atoms with Crippen LogP contribution in [-0.4, -0.2) is 12.8 Å². The third-order valence-electron chi connectivity index (χ3n) is 3.30. The topological polar surface area (TPSA) is 26.0 Å². The average molecular weight is 229 g/mol. The van der Waals surface area contributed by atoms with Gasteiger partial charge in [-0.3, -0.25) is 0 Å². The van der Waals surface area contributed by atoms with Crippen LogP contribution in [0.5, 0.6) is 0 Å². The standard InChI is InChI=1S/C15H8BNO/c16-12-6-3-5-9-11(12)8-17-15-14(9)10-4-1-2-7-13(10)18-15/h1-8H. The zero-order chi connectivity index (χ0) is 12.1. The molecule has 2 heterocycles. The van der Waals surface area contributed by atoms with Crippen molar-refractivity contribution in [3.8, 4) is 0 Å². The molecule has 0 spiro atoms. The van der Waals surface area contributed by atoms with Gasteiger partial charge in [0, 0.05) is 11.6 Å². The number of rotatable bonds is 0. The van der Waals surface area contributed by atoms with Crippen molar-refractivity contribution in [3.05, 3.63) is 48.7 Å². The van der Waals surface area contributed by atoms with Gasteiger partial charge in [0.05, 0.1) is 5.39 Å². The summed E-state index contributed by atoms with van der Waals surface area (Å²) in [6.45, 7) is 0. The molecule has 2 nitrogen and oxygen atoms in total. The van der Waals surface area contributed by atoms with Crippen LogP contribution < -0.4 is 5.46 Å². The monoisotopic (exact) mass is 229 g/mol. The first-order valence-electron chi connectivity index (χ1n) is 5.79. The van der Waals surface area contributed by atoms with E-state index in [-0.39, 0.29) is 0 Å². The van der Waals surface area contributed by atoms with Crippen LogP contribution in [-0.2, 0) is 0 Å². The maximum Gasteiger partial charge on any atom is 0.227 e. The van der Waals surface area contributed by atoms with Crippen molar-refractivity contribution < 1.29 is 4.42 Å². The van der Waals surface area contributed by atoms with E-state index in [1.807, 2.05) is 36.4 Å². The van der Waals surface area contributed by atoms with Gasteiger partial charge < -0.3 is 4.42 Å². The third-order valence-corrected chi connectivity index (χ3v) is 3.30. The van der Waals surface area contributed by atoms with Crippen LogP contribution in [0.1, 0.15) is 0 Å². The van der Waals surface area contributed by atoms with Gasteiger partial charge in [-0.05, 0) is 16.8 Å². The Hall–Kier alpha value is -2.29. The van der Waals surface area contributed by atoms with Crippen LogP contribution in [0.15, 0.2) is 53.1 Å². The lowest BCUT2D eigenvalue weighted by atomic mass is 9.90. The highest BCUT2D eigenvalue weighted by atomic mass is 16.3. The van der Waals surface area contributed by atoms with E-state index >= 15 is 0 Å². The Kier molecular flexibility index (Phi) is 1.81. The average Bonchev–Trinajstić information content (AvgIpc) is 2.77. The van der Waals surface area contributed by atoms with Crippen LogP contribution in [0.25, 0.3) is 32.8 Å². The first-order chi connectivity index (χ1) is 8.84. The van der Waals surface area contributed by atoms with Gasteiger partial charge >= 0.3 is 0 Å². The lowest BCUT2D eigenvalue weighted by molar-refractivity contribution is 0.654. The number of furan rings is 1. The molecular formula is C15H8BNO. The van der Waals surface area contributed by atoms with Gasteiger partial charge in [0.15, 0.2) is 0 Å². The zero-order valence-corrected chi connectivity index (χ0v) is 9.55. The van der Waals surface area contributed by atoms with Crippen molar-refractivity contribution in [1.82, 2.24) is 4.98 Å². The summed E-state index contributed by atoms with van der Waals surface area (Å²) in [7, 11) is 5.99. The maximum atomic E-state index is 5.99. The molecule has 2 radical (unpaired) electrons. The second-order valence-corrected chi connectivity index (χ2v) is 4.35. The molecule has 4 aromatic rings. The van der Waals surface area contributed by atoms with E-state index in [0.717, 1.165) is 32.6 Å². The molecule has 4 rings (SSSR count). The number of nitrogens with zero attached hydrogens (tertiary/aromatic N) is 1. The van der Waals surface area contributed by atoms with E-state index in [1.54, 1.807) is 6.20 Å². The molecule has 0 fully saturated rings. The first-order valence-corrected chi connectivity index (χ1v) is 5.79. The van der Waals surface area contributed by atoms with E-state index in [4.69, 9.17) is 12.3 Å². The fourth-order valence-corrected chi connectivity index (χ4v) is 2.45. The summed E-state index contributed by atoms with van der Waals surface area (Å²) in [5.74, 6) is 0. The van der Waals surface area contributed by atoms with E-state index in [1.165, 1.54) is 0 Å². The molecule has 0 aliphatic heterocycles. The minimum atomic E-state index is 0.661. The highest BCUT2D eigenvalue weighted by Gasteiger charge is 2.11. The highest BCUT2D eigenvalue weighted by molar-refractivity contribution is 6.40. The summed E-state index contributed by atoms with van der Waals surface area (Å²) in [4.78, 5) is 4.36. The van der Waals surface area contributed by atoms with E-state index in [2.05, 4.69) is 11.1 Å². The van der Waals surface area contributed by atoms with Crippen molar-refractivity contribution in [2.75, 3.05) is 0 Å². The predicted molar refractivity (Wildman–Crippen MR) is 74.4 cm³/mol. The molecule has 0 amide bonds. The Labute approximate surface area is 105 Å². The molecule has 2 aromatic heterocycles. The SMILES string of the molecule is [B]c1cccc2c1cnc1oc3ccccc3c12. The molecule has 3 heteroatoms.